The van der Waals surface area contributed by atoms with Gasteiger partial charge in [-0.3, -0.25) is 24.2 Å². The maximum atomic E-state index is 12.5. The molecule has 13 heteroatoms. The summed E-state index contributed by atoms with van der Waals surface area (Å²) in [4.78, 5) is 66.6. The number of nitrogens with two attached hydrogens (primary N) is 2. The number of hydrogen-bond acceptors (Lipinski definition) is 8. The molecule has 3 aromatic rings. The zero-order valence-corrected chi connectivity index (χ0v) is 18.9. The fourth-order valence-corrected chi connectivity index (χ4v) is 3.54. The molecule has 0 bridgehead atoms. The minimum atomic E-state index is -1.36. The van der Waals surface area contributed by atoms with E-state index in [0.717, 1.165) is 0 Å². The number of fused-ring (bicyclic) bond motifs is 1. The van der Waals surface area contributed by atoms with E-state index in [1.165, 1.54) is 12.1 Å². The molecule has 8 N–H and O–H groups in total. The molecule has 1 unspecified atom stereocenters. The number of H-pyrrole nitrogens is 1. The number of anilines is 2. The zero-order chi connectivity index (χ0) is 26.4. The lowest BCUT2D eigenvalue weighted by Gasteiger charge is -2.24. The van der Waals surface area contributed by atoms with E-state index in [1.54, 1.807) is 35.2 Å². The summed E-state index contributed by atoms with van der Waals surface area (Å²) < 4.78 is 0. The summed E-state index contributed by atoms with van der Waals surface area (Å²) in [7, 11) is 0. The smallest absolute Gasteiger partial charge is 0.326 e. The predicted molar refractivity (Wildman–Crippen MR) is 129 cm³/mol. The summed E-state index contributed by atoms with van der Waals surface area (Å²) in [5.41, 5.74) is 12.3. The average Bonchev–Trinajstić information content (AvgIpc) is 2.81. The Balaban J connectivity index is 1.79. The van der Waals surface area contributed by atoms with Crippen LogP contribution >= 0.6 is 0 Å². The van der Waals surface area contributed by atoms with Gasteiger partial charge in [-0.2, -0.15) is 0 Å². The number of aromatic nitrogens is 2. The zero-order valence-electron chi connectivity index (χ0n) is 18.9. The minimum Gasteiger partial charge on any atom is -0.481 e. The molecule has 0 aliphatic rings. The van der Waals surface area contributed by atoms with Crippen LogP contribution in [0.4, 0.5) is 11.6 Å². The van der Waals surface area contributed by atoms with Crippen molar-refractivity contribution < 1.29 is 29.4 Å². The van der Waals surface area contributed by atoms with Gasteiger partial charge in [0.25, 0.3) is 11.5 Å². The predicted octanol–water partition coefficient (Wildman–Crippen LogP) is 0.0450. The van der Waals surface area contributed by atoms with Crippen molar-refractivity contribution in [1.29, 1.82) is 0 Å². The first-order chi connectivity index (χ1) is 17.0. The minimum absolute atomic E-state index is 0.00343. The Bertz CT molecular complexity index is 1370. The molecular formula is C23H24N6O7. The van der Waals surface area contributed by atoms with Crippen LogP contribution < -0.4 is 27.2 Å². The van der Waals surface area contributed by atoms with Gasteiger partial charge in [-0.1, -0.05) is 6.07 Å². The number of benzene rings is 2. The van der Waals surface area contributed by atoms with Crippen LogP contribution in [0, 0.1) is 0 Å². The number of nitrogens with one attached hydrogen (secondary N) is 2. The van der Waals surface area contributed by atoms with Crippen molar-refractivity contribution in [2.75, 3.05) is 17.2 Å². The second-order valence-corrected chi connectivity index (χ2v) is 7.97. The number of nitrogens with zero attached hydrogens (tertiary/aromatic N) is 2. The normalized spacial score (nSPS) is 11.6. The van der Waals surface area contributed by atoms with Gasteiger partial charge in [-0.15, -0.1) is 0 Å². The number of hydrogen-bond donors (Lipinski definition) is 6. The maximum Gasteiger partial charge on any atom is 0.326 e. The van der Waals surface area contributed by atoms with Crippen molar-refractivity contribution in [1.82, 2.24) is 15.3 Å². The molecule has 2 amide bonds. The van der Waals surface area contributed by atoms with E-state index in [4.69, 9.17) is 16.6 Å². The van der Waals surface area contributed by atoms with E-state index < -0.39 is 41.8 Å². The molecule has 0 saturated heterocycles. The molecule has 1 aromatic heterocycles. The number of carboxylic acid groups (broad SMARTS) is 2. The fourth-order valence-electron chi connectivity index (χ4n) is 3.54. The molecule has 0 fully saturated rings. The lowest BCUT2D eigenvalue weighted by molar-refractivity contribution is -0.140. The molecule has 0 saturated carbocycles. The standard InChI is InChI=1S/C23H24N6O7/c24-18(30)11-29(10-12-1-6-16-15(9-12)21(34)28-23(25)27-16)14-4-2-13(3-5-14)20(33)26-17(22(35)36)7-8-19(31)32/h1-6,9,17H,7-8,10-11H2,(H2,24,30)(H,26,33)(H,31,32)(H,35,36)(H3,25,27,28,34). The summed E-state index contributed by atoms with van der Waals surface area (Å²) in [5, 5.41) is 20.6. The van der Waals surface area contributed by atoms with Gasteiger partial charge < -0.3 is 31.9 Å². The second-order valence-electron chi connectivity index (χ2n) is 7.97. The van der Waals surface area contributed by atoms with Gasteiger partial charge in [0.2, 0.25) is 11.9 Å². The Morgan fingerprint density at radius 3 is 2.39 bits per heavy atom. The quantitative estimate of drug-likeness (QED) is 0.209. The van der Waals surface area contributed by atoms with E-state index in [0.29, 0.717) is 22.2 Å². The number of carbonyl (C=O) groups excluding carboxylic acids is 2. The SMILES string of the molecule is NC(=O)CN(Cc1ccc2nc(N)[nH]c(=O)c2c1)c1ccc(C(=O)NC(CCC(=O)O)C(=O)O)cc1. The highest BCUT2D eigenvalue weighted by Gasteiger charge is 2.22. The lowest BCUT2D eigenvalue weighted by atomic mass is 10.1. The summed E-state index contributed by atoms with van der Waals surface area (Å²) in [6, 6.07) is 9.61. The number of nitrogen functional groups attached to an aromatic ring is 1. The van der Waals surface area contributed by atoms with Gasteiger partial charge >= 0.3 is 11.9 Å². The highest BCUT2D eigenvalue weighted by molar-refractivity contribution is 5.97. The lowest BCUT2D eigenvalue weighted by Crippen LogP contribution is -2.41. The first-order valence-electron chi connectivity index (χ1n) is 10.7. The van der Waals surface area contributed by atoms with E-state index in [-0.39, 0.29) is 31.0 Å². The highest BCUT2D eigenvalue weighted by atomic mass is 16.4. The first kappa shape index (κ1) is 25.7. The average molecular weight is 496 g/mol. The fraction of sp³-hybridized carbons (Fsp3) is 0.217. The van der Waals surface area contributed by atoms with Gasteiger partial charge in [0.05, 0.1) is 17.4 Å². The molecule has 13 nitrogen and oxygen atoms in total. The van der Waals surface area contributed by atoms with Crippen molar-refractivity contribution >= 4 is 46.3 Å². The summed E-state index contributed by atoms with van der Waals surface area (Å²) in [6.45, 7) is 0.0424. The monoisotopic (exact) mass is 496 g/mol. The van der Waals surface area contributed by atoms with Crippen LogP contribution in [-0.2, 0) is 20.9 Å². The molecule has 1 atom stereocenters. The van der Waals surface area contributed by atoms with Crippen molar-refractivity contribution in [2.24, 2.45) is 5.73 Å². The van der Waals surface area contributed by atoms with Crippen LogP contribution in [0.15, 0.2) is 47.3 Å². The molecule has 1 heterocycles. The molecule has 3 rings (SSSR count). The van der Waals surface area contributed by atoms with E-state index in [9.17, 15) is 29.1 Å². The topological polar surface area (TPSA) is 222 Å². The summed E-state index contributed by atoms with van der Waals surface area (Å²) in [5.74, 6) is -3.82. The van der Waals surface area contributed by atoms with Crippen molar-refractivity contribution in [3.8, 4) is 0 Å². The Hall–Kier alpha value is -4.94. The van der Waals surface area contributed by atoms with Crippen LogP contribution in [0.5, 0.6) is 0 Å². The number of carbonyl (C=O) groups is 4. The van der Waals surface area contributed by atoms with E-state index in [2.05, 4.69) is 15.3 Å². The number of aromatic amines is 1. The third-order valence-electron chi connectivity index (χ3n) is 5.25. The Labute approximate surface area is 203 Å². The van der Waals surface area contributed by atoms with E-state index >= 15 is 0 Å². The number of carboxylic acids is 2. The Morgan fingerprint density at radius 2 is 1.78 bits per heavy atom. The number of aliphatic carboxylic acids is 2. The maximum absolute atomic E-state index is 12.5. The van der Waals surface area contributed by atoms with Crippen molar-refractivity contribution in [3.05, 3.63) is 63.9 Å². The molecule has 188 valence electrons. The number of primary amides is 1. The Morgan fingerprint density at radius 1 is 1.08 bits per heavy atom. The van der Waals surface area contributed by atoms with Crippen molar-refractivity contribution in [3.63, 3.8) is 0 Å². The van der Waals surface area contributed by atoms with Crippen LogP contribution in [0.3, 0.4) is 0 Å². The van der Waals surface area contributed by atoms with Crippen LogP contribution in [0.2, 0.25) is 0 Å². The molecule has 2 aromatic carbocycles. The molecular weight excluding hydrogens is 472 g/mol. The molecule has 0 aliphatic carbocycles. The molecule has 36 heavy (non-hydrogen) atoms. The highest BCUT2D eigenvalue weighted by Crippen LogP contribution is 2.20. The van der Waals surface area contributed by atoms with Gasteiger partial charge in [-0.25, -0.2) is 9.78 Å². The second kappa shape index (κ2) is 11.0. The number of rotatable bonds is 11. The summed E-state index contributed by atoms with van der Waals surface area (Å²) >= 11 is 0. The third kappa shape index (κ3) is 6.56. The molecule has 0 aliphatic heterocycles. The number of amides is 2. The van der Waals surface area contributed by atoms with Gasteiger partial charge in [-0.05, 0) is 48.4 Å². The van der Waals surface area contributed by atoms with Gasteiger partial charge in [0, 0.05) is 24.2 Å². The van der Waals surface area contributed by atoms with Crippen molar-refractivity contribution in [2.45, 2.75) is 25.4 Å². The largest absolute Gasteiger partial charge is 0.481 e. The Kier molecular flexibility index (Phi) is 7.84. The third-order valence-corrected chi connectivity index (χ3v) is 5.25. The van der Waals surface area contributed by atoms with Gasteiger partial charge in [0.15, 0.2) is 0 Å². The summed E-state index contributed by atoms with van der Waals surface area (Å²) in [6.07, 6.45) is -0.681. The van der Waals surface area contributed by atoms with Crippen LogP contribution in [-0.4, -0.2) is 56.5 Å². The first-order valence-corrected chi connectivity index (χ1v) is 10.7. The van der Waals surface area contributed by atoms with Crippen LogP contribution in [0.1, 0.15) is 28.8 Å². The van der Waals surface area contributed by atoms with E-state index in [1.807, 2.05) is 0 Å². The van der Waals surface area contributed by atoms with Gasteiger partial charge in [0.1, 0.15) is 6.04 Å². The van der Waals surface area contributed by atoms with Crippen LogP contribution in [0.25, 0.3) is 10.9 Å². The molecule has 0 spiro atoms. The molecule has 0 radical (unpaired) electrons.